The van der Waals surface area contributed by atoms with Crippen LogP contribution in [0.4, 0.5) is 0 Å². The number of carbonyl (C=O) groups excluding carboxylic acids is 1. The van der Waals surface area contributed by atoms with E-state index in [1.54, 1.807) is 11.3 Å². The van der Waals surface area contributed by atoms with Crippen LogP contribution in [0.25, 0.3) is 0 Å². The zero-order valence-corrected chi connectivity index (χ0v) is 11.0. The van der Waals surface area contributed by atoms with Crippen LogP contribution in [0.1, 0.15) is 47.3 Å². The summed E-state index contributed by atoms with van der Waals surface area (Å²) in [5.41, 5.74) is 1.21. The molecule has 1 aliphatic carbocycles. The molecule has 0 N–H and O–H groups in total. The Morgan fingerprint density at radius 2 is 2.35 bits per heavy atom. The van der Waals surface area contributed by atoms with E-state index in [1.165, 1.54) is 6.42 Å². The van der Waals surface area contributed by atoms with Crippen molar-refractivity contribution < 1.29 is 9.53 Å². The van der Waals surface area contributed by atoms with Crippen LogP contribution in [0.3, 0.4) is 0 Å². The number of carbonyl (C=O) groups is 1. The van der Waals surface area contributed by atoms with Crippen molar-refractivity contribution in [3.8, 4) is 0 Å². The van der Waals surface area contributed by atoms with Gasteiger partial charge in [-0.1, -0.05) is 0 Å². The van der Waals surface area contributed by atoms with Gasteiger partial charge in [0.05, 0.1) is 10.5 Å². The molecule has 0 radical (unpaired) electrons. The van der Waals surface area contributed by atoms with E-state index in [9.17, 15) is 4.79 Å². The highest BCUT2D eigenvalue weighted by molar-refractivity contribution is 7.12. The maximum absolute atomic E-state index is 12.5. The van der Waals surface area contributed by atoms with Crippen LogP contribution in [-0.2, 0) is 4.74 Å². The molecule has 1 aromatic rings. The normalized spacial score (nSPS) is 26.8. The van der Waals surface area contributed by atoms with Crippen LogP contribution in [0.15, 0.2) is 11.4 Å². The molecular weight excluding hydrogens is 232 g/mol. The number of ketones is 1. The van der Waals surface area contributed by atoms with E-state index in [2.05, 4.69) is 0 Å². The lowest BCUT2D eigenvalue weighted by Crippen LogP contribution is -2.47. The Kier molecular flexibility index (Phi) is 2.83. The molecule has 2 fully saturated rings. The van der Waals surface area contributed by atoms with Gasteiger partial charge in [-0.05, 0) is 56.0 Å². The highest BCUT2D eigenvalue weighted by Gasteiger charge is 2.44. The van der Waals surface area contributed by atoms with E-state index in [1.807, 2.05) is 18.4 Å². The molecule has 1 atom stereocenters. The van der Waals surface area contributed by atoms with Gasteiger partial charge in [0.1, 0.15) is 0 Å². The molecule has 1 aromatic heterocycles. The second-order valence-corrected chi connectivity index (χ2v) is 6.29. The number of ether oxygens (including phenoxy) is 1. The van der Waals surface area contributed by atoms with Gasteiger partial charge in [-0.15, -0.1) is 11.3 Å². The molecule has 1 unspecified atom stereocenters. The lowest BCUT2D eigenvalue weighted by molar-refractivity contribution is -0.137. The Balaban J connectivity index is 1.76. The lowest BCUT2D eigenvalue weighted by atomic mass is 9.71. The van der Waals surface area contributed by atoms with Crippen LogP contribution in [0, 0.1) is 12.8 Å². The molecule has 3 heteroatoms. The van der Waals surface area contributed by atoms with Crippen LogP contribution >= 0.6 is 11.3 Å². The number of hydrogen-bond donors (Lipinski definition) is 0. The molecule has 92 valence electrons. The topological polar surface area (TPSA) is 26.3 Å². The highest BCUT2D eigenvalue weighted by Crippen LogP contribution is 2.45. The molecule has 17 heavy (non-hydrogen) atoms. The first-order chi connectivity index (χ1) is 8.20. The van der Waals surface area contributed by atoms with Crippen molar-refractivity contribution in [2.45, 2.75) is 44.6 Å². The van der Waals surface area contributed by atoms with E-state index in [0.29, 0.717) is 5.78 Å². The van der Waals surface area contributed by atoms with Gasteiger partial charge in [0, 0.05) is 12.5 Å². The van der Waals surface area contributed by atoms with Crippen molar-refractivity contribution in [2.24, 2.45) is 5.92 Å². The molecule has 2 heterocycles. The molecule has 2 aliphatic rings. The molecular formula is C14H18O2S. The third kappa shape index (κ3) is 1.95. The standard InChI is InChI=1S/C14H18O2S/c1-10-4-8-17-13(10)12(15)11-3-7-16-14(9-11)5-2-6-14/h4,8,11H,2-3,5-7,9H2,1H3. The van der Waals surface area contributed by atoms with Gasteiger partial charge in [0.25, 0.3) is 0 Å². The number of Topliss-reactive ketones (excluding diaryl/α,β-unsaturated/α-hetero) is 1. The average molecular weight is 250 g/mol. The summed E-state index contributed by atoms with van der Waals surface area (Å²) in [6, 6.07) is 2.04. The van der Waals surface area contributed by atoms with Crippen LogP contribution in [0.5, 0.6) is 0 Å². The van der Waals surface area contributed by atoms with Gasteiger partial charge < -0.3 is 4.74 Å². The molecule has 1 saturated carbocycles. The predicted octanol–water partition coefficient (Wildman–Crippen LogP) is 3.59. The SMILES string of the molecule is Cc1ccsc1C(=O)C1CCOC2(CCC2)C1. The second-order valence-electron chi connectivity index (χ2n) is 5.37. The number of rotatable bonds is 2. The van der Waals surface area contributed by atoms with Gasteiger partial charge in [-0.25, -0.2) is 0 Å². The molecule has 0 aromatic carbocycles. The summed E-state index contributed by atoms with van der Waals surface area (Å²) in [5.74, 6) is 0.550. The zero-order valence-electron chi connectivity index (χ0n) is 10.2. The minimum absolute atomic E-state index is 0.0732. The Morgan fingerprint density at radius 1 is 1.53 bits per heavy atom. The van der Waals surface area contributed by atoms with Gasteiger partial charge in [0.15, 0.2) is 5.78 Å². The van der Waals surface area contributed by atoms with E-state index >= 15 is 0 Å². The smallest absolute Gasteiger partial charge is 0.176 e. The molecule has 1 spiro atoms. The maximum atomic E-state index is 12.5. The first-order valence-corrected chi connectivity index (χ1v) is 7.30. The molecule has 2 nitrogen and oxygen atoms in total. The average Bonchev–Trinajstić information content (AvgIpc) is 2.73. The third-order valence-electron chi connectivity index (χ3n) is 4.21. The molecule has 0 bridgehead atoms. The van der Waals surface area contributed by atoms with E-state index in [4.69, 9.17) is 4.74 Å². The van der Waals surface area contributed by atoms with Crippen molar-refractivity contribution in [1.29, 1.82) is 0 Å². The molecule has 1 saturated heterocycles. The largest absolute Gasteiger partial charge is 0.375 e. The predicted molar refractivity (Wildman–Crippen MR) is 68.6 cm³/mol. The first-order valence-electron chi connectivity index (χ1n) is 6.42. The number of thiophene rings is 1. The second kappa shape index (κ2) is 4.21. The fourth-order valence-electron chi connectivity index (χ4n) is 2.98. The fraction of sp³-hybridized carbons (Fsp3) is 0.643. The summed E-state index contributed by atoms with van der Waals surface area (Å²) in [6.45, 7) is 2.79. The Hall–Kier alpha value is -0.670. The summed E-state index contributed by atoms with van der Waals surface area (Å²) in [6.07, 6.45) is 5.42. The quantitative estimate of drug-likeness (QED) is 0.750. The number of hydrogen-bond acceptors (Lipinski definition) is 3. The maximum Gasteiger partial charge on any atom is 0.176 e. The van der Waals surface area contributed by atoms with Crippen LogP contribution in [0.2, 0.25) is 0 Å². The molecule has 3 rings (SSSR count). The van der Waals surface area contributed by atoms with E-state index in [-0.39, 0.29) is 11.5 Å². The summed E-state index contributed by atoms with van der Waals surface area (Å²) < 4.78 is 5.88. The fourth-order valence-corrected chi connectivity index (χ4v) is 3.93. The Labute approximate surface area is 106 Å². The summed E-state index contributed by atoms with van der Waals surface area (Å²) in [5, 5.41) is 2.01. The van der Waals surface area contributed by atoms with Crippen molar-refractivity contribution in [2.75, 3.05) is 6.61 Å². The zero-order chi connectivity index (χ0) is 11.9. The Bertz CT molecular complexity index is 431. The summed E-state index contributed by atoms with van der Waals surface area (Å²) in [4.78, 5) is 13.4. The summed E-state index contributed by atoms with van der Waals surface area (Å²) >= 11 is 1.59. The first kappa shape index (κ1) is 11.4. The molecule has 0 amide bonds. The minimum Gasteiger partial charge on any atom is -0.375 e. The van der Waals surface area contributed by atoms with Crippen molar-refractivity contribution in [1.82, 2.24) is 0 Å². The van der Waals surface area contributed by atoms with Crippen LogP contribution < -0.4 is 0 Å². The Morgan fingerprint density at radius 3 is 2.94 bits per heavy atom. The van der Waals surface area contributed by atoms with Gasteiger partial charge >= 0.3 is 0 Å². The lowest BCUT2D eigenvalue weighted by Gasteiger charge is -2.46. The van der Waals surface area contributed by atoms with Gasteiger partial charge in [-0.3, -0.25) is 4.79 Å². The number of aryl methyl sites for hydroxylation is 1. The van der Waals surface area contributed by atoms with Crippen molar-refractivity contribution in [3.63, 3.8) is 0 Å². The van der Waals surface area contributed by atoms with Gasteiger partial charge in [-0.2, -0.15) is 0 Å². The monoisotopic (exact) mass is 250 g/mol. The van der Waals surface area contributed by atoms with Gasteiger partial charge in [0.2, 0.25) is 0 Å². The third-order valence-corrected chi connectivity index (χ3v) is 5.25. The van der Waals surface area contributed by atoms with E-state index in [0.717, 1.165) is 42.7 Å². The summed E-state index contributed by atoms with van der Waals surface area (Å²) in [7, 11) is 0. The van der Waals surface area contributed by atoms with Crippen LogP contribution in [-0.4, -0.2) is 18.0 Å². The van der Waals surface area contributed by atoms with Crippen molar-refractivity contribution >= 4 is 17.1 Å². The minimum atomic E-state index is 0.0732. The highest BCUT2D eigenvalue weighted by atomic mass is 32.1. The van der Waals surface area contributed by atoms with E-state index < -0.39 is 0 Å². The molecule has 1 aliphatic heterocycles. The van der Waals surface area contributed by atoms with Crippen molar-refractivity contribution in [3.05, 3.63) is 21.9 Å².